The van der Waals surface area contributed by atoms with Crippen LogP contribution in [0.25, 0.3) is 0 Å². The molecule has 1 aromatic carbocycles. The van der Waals surface area contributed by atoms with Gasteiger partial charge < -0.3 is 4.90 Å². The number of rotatable bonds is 4. The van der Waals surface area contributed by atoms with Gasteiger partial charge in [-0.3, -0.25) is 0 Å². The van der Waals surface area contributed by atoms with Gasteiger partial charge in [0.05, 0.1) is 0 Å². The van der Waals surface area contributed by atoms with Crippen LogP contribution in [0.15, 0.2) is 30.3 Å². The molecule has 0 aromatic heterocycles. The second kappa shape index (κ2) is 5.16. The van der Waals surface area contributed by atoms with Gasteiger partial charge in [0.25, 0.3) is 0 Å². The molecule has 1 aromatic rings. The Morgan fingerprint density at radius 2 is 1.71 bits per heavy atom. The van der Waals surface area contributed by atoms with Crippen LogP contribution in [-0.4, -0.2) is 19.0 Å². The molecule has 0 bridgehead atoms. The van der Waals surface area contributed by atoms with E-state index >= 15 is 0 Å². The van der Waals surface area contributed by atoms with E-state index < -0.39 is 0 Å². The minimum absolute atomic E-state index is 0.543. The third-order valence-electron chi connectivity index (χ3n) is 2.88. The van der Waals surface area contributed by atoms with Crippen LogP contribution in [0.1, 0.15) is 31.9 Å². The summed E-state index contributed by atoms with van der Waals surface area (Å²) in [6, 6.07) is 11.3. The second-order valence-electron chi connectivity index (χ2n) is 4.20. The molecule has 1 heteroatoms. The van der Waals surface area contributed by atoms with Crippen molar-refractivity contribution in [3.8, 4) is 0 Å². The van der Waals surface area contributed by atoms with Crippen molar-refractivity contribution in [1.82, 2.24) is 4.90 Å². The van der Waals surface area contributed by atoms with Crippen LogP contribution < -0.4 is 0 Å². The van der Waals surface area contributed by atoms with Crippen molar-refractivity contribution in [1.29, 1.82) is 0 Å². The van der Waals surface area contributed by atoms with Gasteiger partial charge in [0.15, 0.2) is 0 Å². The molecule has 0 saturated carbocycles. The summed E-state index contributed by atoms with van der Waals surface area (Å²) < 4.78 is 0. The van der Waals surface area contributed by atoms with E-state index in [1.54, 1.807) is 0 Å². The van der Waals surface area contributed by atoms with E-state index in [4.69, 9.17) is 0 Å². The number of benzene rings is 1. The zero-order valence-corrected chi connectivity index (χ0v) is 9.70. The van der Waals surface area contributed by atoms with Crippen molar-refractivity contribution in [2.45, 2.75) is 26.3 Å². The molecular weight excluding hydrogens is 170 g/mol. The van der Waals surface area contributed by atoms with Gasteiger partial charge in [-0.1, -0.05) is 50.6 Å². The number of nitrogens with zero attached hydrogens (tertiary/aromatic N) is 1. The van der Waals surface area contributed by atoms with Crippen LogP contribution in [0.3, 0.4) is 0 Å². The molecule has 0 fully saturated rings. The maximum atomic E-state index is 2.32. The monoisotopic (exact) mass is 191 g/mol. The van der Waals surface area contributed by atoms with E-state index in [0.717, 1.165) is 0 Å². The molecule has 1 rings (SSSR count). The summed E-state index contributed by atoms with van der Waals surface area (Å²) in [5.74, 6) is 0.701. The van der Waals surface area contributed by atoms with E-state index in [0.29, 0.717) is 12.0 Å². The molecule has 0 aliphatic carbocycles. The molecule has 14 heavy (non-hydrogen) atoms. The predicted octanol–water partition coefficient (Wildman–Crippen LogP) is 3.34. The summed E-state index contributed by atoms with van der Waals surface area (Å²) in [6.07, 6.45) is 1.22. The first-order valence-electron chi connectivity index (χ1n) is 5.38. The molecule has 1 nitrogen and oxygen atoms in total. The van der Waals surface area contributed by atoms with Gasteiger partial charge in [-0.15, -0.1) is 0 Å². The summed E-state index contributed by atoms with van der Waals surface area (Å²) in [6.45, 7) is 4.57. The average molecular weight is 191 g/mol. The smallest absolute Gasteiger partial charge is 0.0367 e. The number of hydrogen-bond donors (Lipinski definition) is 0. The molecule has 0 saturated heterocycles. The van der Waals surface area contributed by atoms with Crippen LogP contribution in [0.5, 0.6) is 0 Å². The summed E-state index contributed by atoms with van der Waals surface area (Å²) >= 11 is 0. The fourth-order valence-electron chi connectivity index (χ4n) is 2.01. The Labute approximate surface area is 87.7 Å². The van der Waals surface area contributed by atoms with Gasteiger partial charge in [-0.25, -0.2) is 0 Å². The standard InChI is InChI=1S/C13H21N/c1-5-11(2)13(14(3)4)12-9-7-6-8-10-12/h6-11,13H,5H2,1-4H3/t11-,13+/m1/s1. The van der Waals surface area contributed by atoms with E-state index in [1.165, 1.54) is 12.0 Å². The Morgan fingerprint density at radius 3 is 2.14 bits per heavy atom. The van der Waals surface area contributed by atoms with Gasteiger partial charge in [-0.2, -0.15) is 0 Å². The van der Waals surface area contributed by atoms with E-state index in [-0.39, 0.29) is 0 Å². The molecule has 0 heterocycles. The fraction of sp³-hybridized carbons (Fsp3) is 0.538. The quantitative estimate of drug-likeness (QED) is 0.705. The van der Waals surface area contributed by atoms with Crippen molar-refractivity contribution in [3.05, 3.63) is 35.9 Å². The maximum Gasteiger partial charge on any atom is 0.0367 e. The lowest BCUT2D eigenvalue weighted by atomic mass is 9.92. The van der Waals surface area contributed by atoms with Crippen LogP contribution in [0.4, 0.5) is 0 Å². The fourth-order valence-corrected chi connectivity index (χ4v) is 2.01. The topological polar surface area (TPSA) is 3.24 Å². The Hall–Kier alpha value is -0.820. The maximum absolute atomic E-state index is 2.32. The molecule has 0 unspecified atom stereocenters. The minimum atomic E-state index is 0.543. The third-order valence-corrected chi connectivity index (χ3v) is 2.88. The predicted molar refractivity (Wildman–Crippen MR) is 62.3 cm³/mol. The van der Waals surface area contributed by atoms with Crippen molar-refractivity contribution in [2.75, 3.05) is 14.1 Å². The highest BCUT2D eigenvalue weighted by molar-refractivity contribution is 5.19. The number of hydrogen-bond acceptors (Lipinski definition) is 1. The molecule has 0 radical (unpaired) electrons. The zero-order valence-electron chi connectivity index (χ0n) is 9.70. The average Bonchev–Trinajstić information content (AvgIpc) is 2.19. The Morgan fingerprint density at radius 1 is 1.14 bits per heavy atom. The van der Waals surface area contributed by atoms with Crippen molar-refractivity contribution >= 4 is 0 Å². The molecule has 0 aliphatic rings. The molecule has 0 amide bonds. The largest absolute Gasteiger partial charge is 0.302 e. The highest BCUT2D eigenvalue weighted by Gasteiger charge is 2.19. The lowest BCUT2D eigenvalue weighted by Crippen LogP contribution is -2.25. The minimum Gasteiger partial charge on any atom is -0.302 e. The van der Waals surface area contributed by atoms with Gasteiger partial charge in [0, 0.05) is 6.04 Å². The third kappa shape index (κ3) is 2.58. The van der Waals surface area contributed by atoms with E-state index in [9.17, 15) is 0 Å². The van der Waals surface area contributed by atoms with Gasteiger partial charge in [0.2, 0.25) is 0 Å². The summed E-state index contributed by atoms with van der Waals surface area (Å²) in [5, 5.41) is 0. The molecule has 0 N–H and O–H groups in total. The van der Waals surface area contributed by atoms with Crippen LogP contribution in [0, 0.1) is 5.92 Å². The molecular formula is C13H21N. The molecule has 0 spiro atoms. The summed E-state index contributed by atoms with van der Waals surface area (Å²) in [4.78, 5) is 2.31. The molecule has 0 aliphatic heterocycles. The van der Waals surface area contributed by atoms with Crippen LogP contribution in [0.2, 0.25) is 0 Å². The van der Waals surface area contributed by atoms with Gasteiger partial charge in [-0.05, 0) is 25.6 Å². The second-order valence-corrected chi connectivity index (χ2v) is 4.20. The highest BCUT2D eigenvalue weighted by Crippen LogP contribution is 2.28. The van der Waals surface area contributed by atoms with Gasteiger partial charge >= 0.3 is 0 Å². The highest BCUT2D eigenvalue weighted by atomic mass is 15.1. The Balaban J connectivity index is 2.89. The Kier molecular flexibility index (Phi) is 4.15. The summed E-state index contributed by atoms with van der Waals surface area (Å²) in [7, 11) is 4.31. The SMILES string of the molecule is CC[C@@H](C)[C@@H](c1ccccc1)N(C)C. The summed E-state index contributed by atoms with van der Waals surface area (Å²) in [5.41, 5.74) is 1.42. The van der Waals surface area contributed by atoms with E-state index in [2.05, 4.69) is 63.2 Å². The first-order chi connectivity index (χ1) is 6.66. The van der Waals surface area contributed by atoms with Crippen molar-refractivity contribution in [3.63, 3.8) is 0 Å². The Bertz CT molecular complexity index is 253. The lowest BCUT2D eigenvalue weighted by molar-refractivity contribution is 0.219. The normalized spacial score (nSPS) is 15.5. The van der Waals surface area contributed by atoms with Crippen LogP contribution >= 0.6 is 0 Å². The van der Waals surface area contributed by atoms with Crippen LogP contribution in [-0.2, 0) is 0 Å². The van der Waals surface area contributed by atoms with E-state index in [1.807, 2.05) is 0 Å². The van der Waals surface area contributed by atoms with Crippen molar-refractivity contribution in [2.24, 2.45) is 5.92 Å². The molecule has 2 atom stereocenters. The molecule has 78 valence electrons. The zero-order chi connectivity index (χ0) is 10.6. The first-order valence-corrected chi connectivity index (χ1v) is 5.38. The lowest BCUT2D eigenvalue weighted by Gasteiger charge is -2.30. The van der Waals surface area contributed by atoms with Crippen molar-refractivity contribution < 1.29 is 0 Å². The van der Waals surface area contributed by atoms with Gasteiger partial charge in [0.1, 0.15) is 0 Å². The first kappa shape index (κ1) is 11.3.